The van der Waals surface area contributed by atoms with Crippen molar-refractivity contribution < 1.29 is 14.3 Å². The average molecular weight is 198 g/mol. The van der Waals surface area contributed by atoms with E-state index in [1.54, 1.807) is 0 Å². The molecular weight excluding hydrogens is 180 g/mol. The van der Waals surface area contributed by atoms with Gasteiger partial charge >= 0.3 is 5.97 Å². The SMILES string of the molecule is CCC1(C(=O)OC2CCCCC2)CO1. The van der Waals surface area contributed by atoms with E-state index >= 15 is 0 Å². The highest BCUT2D eigenvalue weighted by Gasteiger charge is 2.52. The number of ether oxygens (including phenoxy) is 2. The van der Waals surface area contributed by atoms with E-state index in [1.165, 1.54) is 19.3 Å². The van der Waals surface area contributed by atoms with Gasteiger partial charge in [-0.1, -0.05) is 13.3 Å². The van der Waals surface area contributed by atoms with Crippen molar-refractivity contribution in [3.05, 3.63) is 0 Å². The van der Waals surface area contributed by atoms with Crippen molar-refractivity contribution in [3.8, 4) is 0 Å². The third kappa shape index (κ3) is 1.92. The van der Waals surface area contributed by atoms with Crippen molar-refractivity contribution in [3.63, 3.8) is 0 Å². The molecule has 2 rings (SSSR count). The average Bonchev–Trinajstić information content (AvgIpc) is 3.00. The number of carbonyl (C=O) groups is 1. The van der Waals surface area contributed by atoms with Gasteiger partial charge in [0.25, 0.3) is 0 Å². The van der Waals surface area contributed by atoms with Crippen molar-refractivity contribution >= 4 is 5.97 Å². The Labute approximate surface area is 84.8 Å². The van der Waals surface area contributed by atoms with Gasteiger partial charge in [0.1, 0.15) is 6.10 Å². The molecule has 3 nitrogen and oxygen atoms in total. The van der Waals surface area contributed by atoms with Gasteiger partial charge in [-0.3, -0.25) is 0 Å². The molecule has 0 spiro atoms. The van der Waals surface area contributed by atoms with Crippen LogP contribution >= 0.6 is 0 Å². The molecule has 1 aliphatic carbocycles. The minimum atomic E-state index is -0.558. The molecule has 0 amide bonds. The van der Waals surface area contributed by atoms with Crippen LogP contribution in [-0.4, -0.2) is 24.3 Å². The van der Waals surface area contributed by atoms with Gasteiger partial charge in [-0.2, -0.15) is 0 Å². The highest BCUT2D eigenvalue weighted by atomic mass is 16.6. The second kappa shape index (κ2) is 3.89. The molecule has 0 radical (unpaired) electrons. The van der Waals surface area contributed by atoms with Crippen LogP contribution in [0.2, 0.25) is 0 Å². The monoisotopic (exact) mass is 198 g/mol. The standard InChI is InChI=1S/C11H18O3/c1-2-11(8-13-11)10(12)14-9-6-4-3-5-7-9/h9H,2-8H2,1H3. The van der Waals surface area contributed by atoms with Crippen LogP contribution < -0.4 is 0 Å². The van der Waals surface area contributed by atoms with E-state index in [1.807, 2.05) is 6.92 Å². The largest absolute Gasteiger partial charge is 0.460 e. The summed E-state index contributed by atoms with van der Waals surface area (Å²) >= 11 is 0. The molecule has 3 heteroatoms. The van der Waals surface area contributed by atoms with Crippen LogP contribution in [0.25, 0.3) is 0 Å². The summed E-state index contributed by atoms with van der Waals surface area (Å²) in [6, 6.07) is 0. The zero-order chi connectivity index (χ0) is 10.0. The van der Waals surface area contributed by atoms with E-state index in [4.69, 9.17) is 9.47 Å². The third-order valence-electron chi connectivity index (χ3n) is 3.26. The van der Waals surface area contributed by atoms with Crippen LogP contribution in [0.15, 0.2) is 0 Å². The van der Waals surface area contributed by atoms with Gasteiger partial charge in [0.15, 0.2) is 5.60 Å². The zero-order valence-electron chi connectivity index (χ0n) is 8.75. The summed E-state index contributed by atoms with van der Waals surface area (Å²) in [7, 11) is 0. The lowest BCUT2D eigenvalue weighted by molar-refractivity contribution is -0.157. The van der Waals surface area contributed by atoms with Crippen molar-refractivity contribution in [2.75, 3.05) is 6.61 Å². The van der Waals surface area contributed by atoms with Gasteiger partial charge in [0.2, 0.25) is 0 Å². The number of hydrogen-bond acceptors (Lipinski definition) is 3. The van der Waals surface area contributed by atoms with E-state index in [9.17, 15) is 4.79 Å². The second-order valence-corrected chi connectivity index (χ2v) is 4.30. The molecule has 0 aromatic rings. The minimum Gasteiger partial charge on any atom is -0.460 e. The summed E-state index contributed by atoms with van der Waals surface area (Å²) in [5.74, 6) is -0.132. The fourth-order valence-electron chi connectivity index (χ4n) is 2.00. The Hall–Kier alpha value is -0.570. The fourth-order valence-corrected chi connectivity index (χ4v) is 2.00. The Balaban J connectivity index is 1.81. The van der Waals surface area contributed by atoms with Crippen molar-refractivity contribution in [1.29, 1.82) is 0 Å². The molecule has 1 unspecified atom stereocenters. The van der Waals surface area contributed by atoms with Crippen LogP contribution in [0.1, 0.15) is 45.4 Å². The van der Waals surface area contributed by atoms with Crippen molar-refractivity contribution in [2.24, 2.45) is 0 Å². The van der Waals surface area contributed by atoms with E-state index in [-0.39, 0.29) is 12.1 Å². The van der Waals surface area contributed by atoms with Gasteiger partial charge in [-0.05, 0) is 32.1 Å². The van der Waals surface area contributed by atoms with Crippen molar-refractivity contribution in [1.82, 2.24) is 0 Å². The maximum Gasteiger partial charge on any atom is 0.341 e. The molecule has 0 aromatic carbocycles. The van der Waals surface area contributed by atoms with Crippen LogP contribution in [0, 0.1) is 0 Å². The van der Waals surface area contributed by atoms with E-state index < -0.39 is 5.60 Å². The minimum absolute atomic E-state index is 0.132. The van der Waals surface area contributed by atoms with Crippen LogP contribution in [-0.2, 0) is 14.3 Å². The summed E-state index contributed by atoms with van der Waals surface area (Å²) in [5, 5.41) is 0. The number of epoxide rings is 1. The molecule has 0 bridgehead atoms. The molecule has 2 aliphatic rings. The van der Waals surface area contributed by atoms with Gasteiger partial charge < -0.3 is 9.47 Å². The molecule has 0 N–H and O–H groups in total. The molecule has 80 valence electrons. The fraction of sp³-hybridized carbons (Fsp3) is 0.909. The number of rotatable bonds is 3. The summed E-state index contributed by atoms with van der Waals surface area (Å²) < 4.78 is 10.6. The van der Waals surface area contributed by atoms with E-state index in [2.05, 4.69) is 0 Å². The lowest BCUT2D eigenvalue weighted by atomic mass is 9.97. The quantitative estimate of drug-likeness (QED) is 0.514. The Kier molecular flexibility index (Phi) is 2.77. The Morgan fingerprint density at radius 2 is 2.07 bits per heavy atom. The molecule has 14 heavy (non-hydrogen) atoms. The first-order chi connectivity index (χ1) is 6.77. The highest BCUT2D eigenvalue weighted by molar-refractivity contribution is 5.82. The summed E-state index contributed by atoms with van der Waals surface area (Å²) in [6.07, 6.45) is 6.62. The predicted molar refractivity (Wildman–Crippen MR) is 51.9 cm³/mol. The topological polar surface area (TPSA) is 38.8 Å². The number of hydrogen-bond donors (Lipinski definition) is 0. The second-order valence-electron chi connectivity index (χ2n) is 4.30. The number of carbonyl (C=O) groups excluding carboxylic acids is 1. The summed E-state index contributed by atoms with van der Waals surface area (Å²) in [6.45, 7) is 2.52. The first-order valence-corrected chi connectivity index (χ1v) is 5.62. The van der Waals surface area contributed by atoms with E-state index in [0.717, 1.165) is 19.3 Å². The zero-order valence-corrected chi connectivity index (χ0v) is 8.75. The Morgan fingerprint density at radius 3 is 2.57 bits per heavy atom. The predicted octanol–water partition coefficient (Wildman–Crippen LogP) is 2.04. The molecule has 1 saturated carbocycles. The van der Waals surface area contributed by atoms with Crippen LogP contribution in [0.5, 0.6) is 0 Å². The molecule has 2 fully saturated rings. The highest BCUT2D eigenvalue weighted by Crippen LogP contribution is 2.33. The maximum atomic E-state index is 11.7. The molecule has 0 aromatic heterocycles. The van der Waals surface area contributed by atoms with Crippen LogP contribution in [0.4, 0.5) is 0 Å². The molecule has 1 saturated heterocycles. The maximum absolute atomic E-state index is 11.7. The first-order valence-electron chi connectivity index (χ1n) is 5.62. The van der Waals surface area contributed by atoms with E-state index in [0.29, 0.717) is 6.61 Å². The van der Waals surface area contributed by atoms with Gasteiger partial charge in [0.05, 0.1) is 6.61 Å². The number of esters is 1. The Bertz CT molecular complexity index is 215. The summed E-state index contributed by atoms with van der Waals surface area (Å²) in [5.41, 5.74) is -0.558. The molecule has 1 atom stereocenters. The summed E-state index contributed by atoms with van der Waals surface area (Å²) in [4.78, 5) is 11.7. The smallest absolute Gasteiger partial charge is 0.341 e. The first kappa shape index (κ1) is 9.97. The third-order valence-corrected chi connectivity index (χ3v) is 3.26. The lowest BCUT2D eigenvalue weighted by Crippen LogP contribution is -2.31. The Morgan fingerprint density at radius 1 is 1.43 bits per heavy atom. The molecule has 1 aliphatic heterocycles. The van der Waals surface area contributed by atoms with Crippen LogP contribution in [0.3, 0.4) is 0 Å². The molecular formula is C11H18O3. The van der Waals surface area contributed by atoms with Crippen molar-refractivity contribution in [2.45, 2.75) is 57.2 Å². The normalized spacial score (nSPS) is 32.6. The van der Waals surface area contributed by atoms with Gasteiger partial charge in [0, 0.05) is 0 Å². The van der Waals surface area contributed by atoms with Gasteiger partial charge in [-0.25, -0.2) is 4.79 Å². The van der Waals surface area contributed by atoms with Gasteiger partial charge in [-0.15, -0.1) is 0 Å². The molecule has 1 heterocycles. The lowest BCUT2D eigenvalue weighted by Gasteiger charge is -2.23.